The minimum Gasteiger partial charge on any atom is -0.507 e. The van der Waals surface area contributed by atoms with Crippen molar-refractivity contribution in [3.63, 3.8) is 0 Å². The zero-order valence-corrected chi connectivity index (χ0v) is 23.7. The van der Waals surface area contributed by atoms with Crippen LogP contribution in [0.25, 0.3) is 5.76 Å². The van der Waals surface area contributed by atoms with Crippen LogP contribution in [0, 0.1) is 0 Å². The number of aliphatic hydroxyl groups is 1. The van der Waals surface area contributed by atoms with Gasteiger partial charge in [0.05, 0.1) is 18.2 Å². The van der Waals surface area contributed by atoms with E-state index in [1.165, 1.54) is 11.8 Å². The number of nitrogens with one attached hydrogen (secondary N) is 1. The maximum atomic E-state index is 13.6. The Morgan fingerprint density at radius 2 is 1.75 bits per heavy atom. The fraction of sp³-hybridized carbons (Fsp3) is 0.281. The molecule has 2 N–H and O–H groups in total. The number of aliphatic hydroxyl groups excluding tert-OH is 1. The number of carbonyl (C=O) groups is 3. The standard InChI is InChI=1S/C32H35N3O5/c1-7-40-27-16-13-22(17-26(27)19(2)3)30(37)28-29(21-11-14-24(15-12-21)34(5)6)35(32(39)31(28)38)25-10-8-9-23(18-25)33-20(4)36/h8-19,29,37H,7H2,1-6H3,(H,33,36)/b30-28-. The van der Waals surface area contributed by atoms with Crippen molar-refractivity contribution in [2.24, 2.45) is 0 Å². The van der Waals surface area contributed by atoms with Gasteiger partial charge in [0.15, 0.2) is 0 Å². The zero-order valence-electron chi connectivity index (χ0n) is 23.7. The van der Waals surface area contributed by atoms with Gasteiger partial charge in [-0.2, -0.15) is 0 Å². The van der Waals surface area contributed by atoms with Crippen LogP contribution in [0.3, 0.4) is 0 Å². The number of benzene rings is 3. The lowest BCUT2D eigenvalue weighted by molar-refractivity contribution is -0.132. The van der Waals surface area contributed by atoms with Crippen molar-refractivity contribution in [1.29, 1.82) is 0 Å². The van der Waals surface area contributed by atoms with E-state index in [0.29, 0.717) is 34.9 Å². The number of nitrogens with zero attached hydrogens (tertiary/aromatic N) is 2. The Labute approximate surface area is 234 Å². The monoisotopic (exact) mass is 541 g/mol. The van der Waals surface area contributed by atoms with Crippen LogP contribution in [0.15, 0.2) is 72.3 Å². The third-order valence-electron chi connectivity index (χ3n) is 6.82. The summed E-state index contributed by atoms with van der Waals surface area (Å²) in [5, 5.41) is 14.3. The second-order valence-corrected chi connectivity index (χ2v) is 10.2. The van der Waals surface area contributed by atoms with E-state index in [-0.39, 0.29) is 23.2 Å². The maximum Gasteiger partial charge on any atom is 0.300 e. The largest absolute Gasteiger partial charge is 0.507 e. The van der Waals surface area contributed by atoms with Crippen molar-refractivity contribution >= 4 is 40.4 Å². The lowest BCUT2D eigenvalue weighted by atomic mass is 9.93. The van der Waals surface area contributed by atoms with Crippen LogP contribution in [-0.2, 0) is 14.4 Å². The van der Waals surface area contributed by atoms with Crippen molar-refractivity contribution in [2.45, 2.75) is 39.7 Å². The predicted molar refractivity (Wildman–Crippen MR) is 158 cm³/mol. The number of amides is 2. The van der Waals surface area contributed by atoms with Gasteiger partial charge in [-0.25, -0.2) is 0 Å². The quantitative estimate of drug-likeness (QED) is 0.211. The van der Waals surface area contributed by atoms with Gasteiger partial charge in [-0.15, -0.1) is 0 Å². The number of Topliss-reactive ketones (excluding diaryl/α,β-unsaturated/α-hetero) is 1. The van der Waals surface area contributed by atoms with Crippen LogP contribution in [-0.4, -0.2) is 43.4 Å². The summed E-state index contributed by atoms with van der Waals surface area (Å²) in [6, 6.07) is 18.6. The van der Waals surface area contributed by atoms with E-state index in [2.05, 4.69) is 5.32 Å². The normalized spacial score (nSPS) is 16.4. The topological polar surface area (TPSA) is 99.2 Å². The number of ketones is 1. The second-order valence-electron chi connectivity index (χ2n) is 10.2. The molecule has 0 bridgehead atoms. The van der Waals surface area contributed by atoms with Gasteiger partial charge in [0.1, 0.15) is 11.5 Å². The van der Waals surface area contributed by atoms with Crippen LogP contribution >= 0.6 is 0 Å². The van der Waals surface area contributed by atoms with E-state index in [1.54, 1.807) is 36.4 Å². The first-order valence-corrected chi connectivity index (χ1v) is 13.3. The molecule has 208 valence electrons. The van der Waals surface area contributed by atoms with E-state index in [1.807, 2.05) is 70.1 Å². The molecule has 1 heterocycles. The first-order valence-electron chi connectivity index (χ1n) is 13.3. The molecule has 1 aliphatic heterocycles. The van der Waals surface area contributed by atoms with E-state index < -0.39 is 17.7 Å². The van der Waals surface area contributed by atoms with Gasteiger partial charge in [-0.1, -0.05) is 32.0 Å². The molecule has 1 fully saturated rings. The number of ether oxygens (including phenoxy) is 1. The summed E-state index contributed by atoms with van der Waals surface area (Å²) in [6.07, 6.45) is 0. The minimum absolute atomic E-state index is 0.00796. The molecule has 1 aliphatic rings. The van der Waals surface area contributed by atoms with Crippen LogP contribution in [0.5, 0.6) is 5.75 Å². The molecule has 0 radical (unpaired) electrons. The van der Waals surface area contributed by atoms with Crippen molar-refractivity contribution in [3.05, 3.63) is 89.0 Å². The summed E-state index contributed by atoms with van der Waals surface area (Å²) in [5.74, 6) is -1.26. The summed E-state index contributed by atoms with van der Waals surface area (Å²) < 4.78 is 5.77. The zero-order chi connectivity index (χ0) is 29.1. The van der Waals surface area contributed by atoms with Crippen LogP contribution in [0.1, 0.15) is 56.3 Å². The van der Waals surface area contributed by atoms with E-state index in [0.717, 1.165) is 11.3 Å². The molecule has 3 aromatic rings. The van der Waals surface area contributed by atoms with Crippen LogP contribution < -0.4 is 19.9 Å². The van der Waals surface area contributed by atoms with E-state index in [9.17, 15) is 19.5 Å². The molecule has 0 spiro atoms. The van der Waals surface area contributed by atoms with E-state index >= 15 is 0 Å². The molecule has 1 unspecified atom stereocenters. The number of carbonyl (C=O) groups excluding carboxylic acids is 3. The Kier molecular flexibility index (Phi) is 8.28. The highest BCUT2D eigenvalue weighted by Crippen LogP contribution is 2.43. The Morgan fingerprint density at radius 1 is 1.05 bits per heavy atom. The summed E-state index contributed by atoms with van der Waals surface area (Å²) in [4.78, 5) is 42.2. The first-order chi connectivity index (χ1) is 19.0. The Hall–Kier alpha value is -4.59. The number of hydrogen-bond donors (Lipinski definition) is 2. The fourth-order valence-corrected chi connectivity index (χ4v) is 4.90. The van der Waals surface area contributed by atoms with Crippen LogP contribution in [0.2, 0.25) is 0 Å². The third kappa shape index (κ3) is 5.57. The van der Waals surface area contributed by atoms with Gasteiger partial charge in [-0.3, -0.25) is 19.3 Å². The molecule has 1 atom stereocenters. The molecular formula is C32H35N3O5. The van der Waals surface area contributed by atoms with Gasteiger partial charge in [0.2, 0.25) is 5.91 Å². The van der Waals surface area contributed by atoms with Crippen molar-refractivity contribution in [2.75, 3.05) is 35.8 Å². The van der Waals surface area contributed by atoms with Crippen molar-refractivity contribution < 1.29 is 24.2 Å². The van der Waals surface area contributed by atoms with Gasteiger partial charge in [0, 0.05) is 43.6 Å². The second kappa shape index (κ2) is 11.7. The summed E-state index contributed by atoms with van der Waals surface area (Å²) in [6.45, 7) is 7.84. The average molecular weight is 542 g/mol. The minimum atomic E-state index is -0.891. The lowest BCUT2D eigenvalue weighted by Crippen LogP contribution is -2.29. The highest BCUT2D eigenvalue weighted by Gasteiger charge is 2.47. The van der Waals surface area contributed by atoms with E-state index in [4.69, 9.17) is 4.74 Å². The lowest BCUT2D eigenvalue weighted by Gasteiger charge is -2.26. The average Bonchev–Trinajstić information content (AvgIpc) is 3.18. The van der Waals surface area contributed by atoms with Gasteiger partial charge in [-0.05, 0) is 72.5 Å². The molecule has 8 heteroatoms. The molecule has 1 saturated heterocycles. The molecule has 3 aromatic carbocycles. The third-order valence-corrected chi connectivity index (χ3v) is 6.82. The molecule has 0 saturated carbocycles. The number of hydrogen-bond acceptors (Lipinski definition) is 6. The predicted octanol–water partition coefficient (Wildman–Crippen LogP) is 5.86. The Balaban J connectivity index is 1.92. The molecule has 8 nitrogen and oxygen atoms in total. The highest BCUT2D eigenvalue weighted by atomic mass is 16.5. The number of rotatable bonds is 8. The SMILES string of the molecule is CCOc1ccc(/C(O)=C2/C(=O)C(=O)N(c3cccc(NC(C)=O)c3)C2c2ccc(N(C)C)cc2)cc1C(C)C. The van der Waals surface area contributed by atoms with Crippen molar-refractivity contribution in [1.82, 2.24) is 0 Å². The fourth-order valence-electron chi connectivity index (χ4n) is 4.90. The van der Waals surface area contributed by atoms with Gasteiger partial charge in [0.25, 0.3) is 11.7 Å². The van der Waals surface area contributed by atoms with Gasteiger partial charge < -0.3 is 20.1 Å². The number of anilines is 3. The molecule has 4 rings (SSSR count). The molecule has 2 amide bonds. The Morgan fingerprint density at radius 3 is 2.35 bits per heavy atom. The summed E-state index contributed by atoms with van der Waals surface area (Å²) in [5.41, 5.74) is 3.81. The van der Waals surface area contributed by atoms with Crippen LogP contribution in [0.4, 0.5) is 17.1 Å². The molecule has 0 aromatic heterocycles. The van der Waals surface area contributed by atoms with Crippen molar-refractivity contribution in [3.8, 4) is 5.75 Å². The summed E-state index contributed by atoms with van der Waals surface area (Å²) >= 11 is 0. The smallest absolute Gasteiger partial charge is 0.300 e. The maximum absolute atomic E-state index is 13.6. The first kappa shape index (κ1) is 28.4. The molecule has 0 aliphatic carbocycles. The van der Waals surface area contributed by atoms with Gasteiger partial charge >= 0.3 is 0 Å². The highest BCUT2D eigenvalue weighted by molar-refractivity contribution is 6.51. The Bertz CT molecular complexity index is 1470. The molecule has 40 heavy (non-hydrogen) atoms. The summed E-state index contributed by atoms with van der Waals surface area (Å²) in [7, 11) is 3.85. The molecular weight excluding hydrogens is 506 g/mol.